The molecule has 22 heavy (non-hydrogen) atoms. The van der Waals surface area contributed by atoms with Crippen LogP contribution in [0.1, 0.15) is 44.1 Å². The van der Waals surface area contributed by atoms with E-state index in [4.69, 9.17) is 4.74 Å². The SMILES string of the molecule is OC(CCc1ccccc1)CN1CCOC2(CCCCC2)C1. The first kappa shape index (κ1) is 16.0. The second-order valence-electron chi connectivity index (χ2n) is 7.01. The normalized spacial score (nSPS) is 23.5. The van der Waals surface area contributed by atoms with Crippen LogP contribution < -0.4 is 0 Å². The van der Waals surface area contributed by atoms with Crippen LogP contribution in [0.3, 0.4) is 0 Å². The largest absolute Gasteiger partial charge is 0.392 e. The van der Waals surface area contributed by atoms with Crippen LogP contribution in [0.25, 0.3) is 0 Å². The van der Waals surface area contributed by atoms with Crippen molar-refractivity contribution >= 4 is 0 Å². The van der Waals surface area contributed by atoms with Crippen molar-refractivity contribution in [3.05, 3.63) is 35.9 Å². The fourth-order valence-corrected chi connectivity index (χ4v) is 3.95. The molecule has 1 aliphatic heterocycles. The summed E-state index contributed by atoms with van der Waals surface area (Å²) in [5.74, 6) is 0. The van der Waals surface area contributed by atoms with E-state index >= 15 is 0 Å². The fraction of sp³-hybridized carbons (Fsp3) is 0.684. The second-order valence-corrected chi connectivity index (χ2v) is 7.01. The van der Waals surface area contributed by atoms with E-state index in [1.165, 1.54) is 37.7 Å². The second kappa shape index (κ2) is 7.58. The molecule has 0 aromatic heterocycles. The molecule has 1 spiro atoms. The zero-order valence-electron chi connectivity index (χ0n) is 13.5. The number of aryl methyl sites for hydroxylation is 1. The molecule has 3 heteroatoms. The molecule has 2 fully saturated rings. The summed E-state index contributed by atoms with van der Waals surface area (Å²) in [6.07, 6.45) is 7.90. The van der Waals surface area contributed by atoms with E-state index in [0.29, 0.717) is 0 Å². The zero-order valence-corrected chi connectivity index (χ0v) is 13.5. The molecule has 1 aromatic rings. The molecule has 3 rings (SSSR count). The summed E-state index contributed by atoms with van der Waals surface area (Å²) in [7, 11) is 0. The number of hydrogen-bond acceptors (Lipinski definition) is 3. The van der Waals surface area contributed by atoms with Crippen LogP contribution in [0.4, 0.5) is 0 Å². The molecule has 1 saturated heterocycles. The van der Waals surface area contributed by atoms with Gasteiger partial charge in [-0.05, 0) is 31.2 Å². The van der Waals surface area contributed by atoms with Crippen molar-refractivity contribution in [1.82, 2.24) is 4.90 Å². The predicted molar refractivity (Wildman–Crippen MR) is 89.0 cm³/mol. The van der Waals surface area contributed by atoms with Crippen LogP contribution in [0, 0.1) is 0 Å². The van der Waals surface area contributed by atoms with Gasteiger partial charge in [0.05, 0.1) is 18.3 Å². The number of morpholine rings is 1. The minimum absolute atomic E-state index is 0.0929. The molecule has 1 N–H and O–H groups in total. The van der Waals surface area contributed by atoms with Gasteiger partial charge in [0, 0.05) is 19.6 Å². The summed E-state index contributed by atoms with van der Waals surface area (Å²) in [5.41, 5.74) is 1.41. The maximum absolute atomic E-state index is 10.4. The first-order valence-corrected chi connectivity index (χ1v) is 8.84. The van der Waals surface area contributed by atoms with Crippen LogP contribution in [-0.4, -0.2) is 48.0 Å². The van der Waals surface area contributed by atoms with E-state index in [-0.39, 0.29) is 11.7 Å². The van der Waals surface area contributed by atoms with Gasteiger partial charge in [0.25, 0.3) is 0 Å². The Labute approximate surface area is 134 Å². The summed E-state index contributed by atoms with van der Waals surface area (Å²) >= 11 is 0. The third-order valence-electron chi connectivity index (χ3n) is 5.17. The summed E-state index contributed by atoms with van der Waals surface area (Å²) in [5, 5.41) is 10.4. The van der Waals surface area contributed by atoms with Gasteiger partial charge in [0.1, 0.15) is 0 Å². The maximum atomic E-state index is 10.4. The van der Waals surface area contributed by atoms with E-state index < -0.39 is 0 Å². The highest BCUT2D eigenvalue weighted by atomic mass is 16.5. The van der Waals surface area contributed by atoms with Crippen LogP contribution >= 0.6 is 0 Å². The van der Waals surface area contributed by atoms with Crippen molar-refractivity contribution in [2.45, 2.75) is 56.7 Å². The van der Waals surface area contributed by atoms with Gasteiger partial charge in [-0.1, -0.05) is 49.6 Å². The van der Waals surface area contributed by atoms with Crippen LogP contribution in [0.15, 0.2) is 30.3 Å². The molecule has 1 aromatic carbocycles. The van der Waals surface area contributed by atoms with E-state index in [2.05, 4.69) is 29.2 Å². The summed E-state index contributed by atoms with van der Waals surface area (Å²) < 4.78 is 6.12. The number of ether oxygens (including phenoxy) is 1. The number of aliphatic hydroxyl groups is 1. The average molecular weight is 303 g/mol. The molecule has 1 unspecified atom stereocenters. The van der Waals surface area contributed by atoms with Gasteiger partial charge < -0.3 is 9.84 Å². The average Bonchev–Trinajstić information content (AvgIpc) is 2.55. The molecule has 0 radical (unpaired) electrons. The van der Waals surface area contributed by atoms with Gasteiger partial charge in [-0.25, -0.2) is 0 Å². The number of hydrogen-bond donors (Lipinski definition) is 1. The molecule has 1 saturated carbocycles. The standard InChI is InChI=1S/C19H29NO2/c21-18(10-9-17-7-3-1-4-8-17)15-20-13-14-22-19(16-20)11-5-2-6-12-19/h1,3-4,7-8,18,21H,2,5-6,9-16H2. The van der Waals surface area contributed by atoms with Crippen molar-refractivity contribution in [2.75, 3.05) is 26.2 Å². The molecule has 0 amide bonds. The van der Waals surface area contributed by atoms with Crippen LogP contribution in [0.2, 0.25) is 0 Å². The number of rotatable bonds is 5. The monoisotopic (exact) mass is 303 g/mol. The zero-order chi connectivity index (χ0) is 15.3. The van der Waals surface area contributed by atoms with Crippen molar-refractivity contribution < 1.29 is 9.84 Å². The van der Waals surface area contributed by atoms with E-state index in [1.807, 2.05) is 6.07 Å². The molecule has 1 aliphatic carbocycles. The third-order valence-corrected chi connectivity index (χ3v) is 5.17. The van der Waals surface area contributed by atoms with Crippen LogP contribution in [0.5, 0.6) is 0 Å². The lowest BCUT2D eigenvalue weighted by molar-refractivity contribution is -0.131. The Morgan fingerprint density at radius 1 is 1.14 bits per heavy atom. The van der Waals surface area contributed by atoms with Crippen molar-refractivity contribution in [2.24, 2.45) is 0 Å². The van der Waals surface area contributed by atoms with E-state index in [1.54, 1.807) is 0 Å². The van der Waals surface area contributed by atoms with Gasteiger partial charge >= 0.3 is 0 Å². The van der Waals surface area contributed by atoms with E-state index in [0.717, 1.165) is 39.1 Å². The Bertz CT molecular complexity index is 436. The van der Waals surface area contributed by atoms with Crippen LogP contribution in [-0.2, 0) is 11.2 Å². The molecule has 0 bridgehead atoms. The Morgan fingerprint density at radius 2 is 1.91 bits per heavy atom. The fourth-order valence-electron chi connectivity index (χ4n) is 3.95. The molecule has 3 nitrogen and oxygen atoms in total. The number of benzene rings is 1. The van der Waals surface area contributed by atoms with Crippen molar-refractivity contribution in [3.8, 4) is 0 Å². The predicted octanol–water partition coefficient (Wildman–Crippen LogP) is 3.02. The minimum Gasteiger partial charge on any atom is -0.392 e. The number of aliphatic hydroxyl groups excluding tert-OH is 1. The van der Waals surface area contributed by atoms with Crippen molar-refractivity contribution in [1.29, 1.82) is 0 Å². The Morgan fingerprint density at radius 3 is 2.68 bits per heavy atom. The molecule has 2 aliphatic rings. The highest BCUT2D eigenvalue weighted by Gasteiger charge is 2.37. The summed E-state index contributed by atoms with van der Waals surface area (Å²) in [6.45, 7) is 3.59. The Balaban J connectivity index is 1.45. The Kier molecular flexibility index (Phi) is 5.51. The van der Waals surface area contributed by atoms with Gasteiger partial charge in [-0.15, -0.1) is 0 Å². The smallest absolute Gasteiger partial charge is 0.0809 e. The molecular weight excluding hydrogens is 274 g/mol. The quantitative estimate of drug-likeness (QED) is 0.907. The maximum Gasteiger partial charge on any atom is 0.0809 e. The van der Waals surface area contributed by atoms with Gasteiger partial charge in [-0.2, -0.15) is 0 Å². The first-order chi connectivity index (χ1) is 10.8. The molecule has 1 heterocycles. The molecule has 122 valence electrons. The lowest BCUT2D eigenvalue weighted by Gasteiger charge is -2.45. The highest BCUT2D eigenvalue weighted by Crippen LogP contribution is 2.34. The van der Waals surface area contributed by atoms with E-state index in [9.17, 15) is 5.11 Å². The van der Waals surface area contributed by atoms with Gasteiger partial charge in [-0.3, -0.25) is 4.90 Å². The summed E-state index contributed by atoms with van der Waals surface area (Å²) in [6, 6.07) is 10.4. The summed E-state index contributed by atoms with van der Waals surface area (Å²) in [4.78, 5) is 2.42. The number of nitrogens with zero attached hydrogens (tertiary/aromatic N) is 1. The molecule has 1 atom stereocenters. The van der Waals surface area contributed by atoms with Gasteiger partial charge in [0.2, 0.25) is 0 Å². The minimum atomic E-state index is -0.237. The van der Waals surface area contributed by atoms with Gasteiger partial charge in [0.15, 0.2) is 0 Å². The Hall–Kier alpha value is -0.900. The highest BCUT2D eigenvalue weighted by molar-refractivity contribution is 5.14. The first-order valence-electron chi connectivity index (χ1n) is 8.84. The third kappa shape index (κ3) is 4.31. The number of β-amino-alcohol motifs (C(OH)–C–C–N with tert-alkyl or cyclic N) is 1. The molecular formula is C19H29NO2. The lowest BCUT2D eigenvalue weighted by Crippen LogP contribution is -2.54. The topological polar surface area (TPSA) is 32.7 Å². The van der Waals surface area contributed by atoms with Crippen molar-refractivity contribution in [3.63, 3.8) is 0 Å². The lowest BCUT2D eigenvalue weighted by atomic mass is 9.83.